The van der Waals surface area contributed by atoms with Crippen molar-refractivity contribution >= 4 is 22.3 Å². The molecule has 264 valence electrons. The molecule has 2 atom stereocenters. The molecule has 2 amide bonds. The number of likely N-dealkylation sites (N-methyl/N-ethyl adjacent to an activating group) is 1. The van der Waals surface area contributed by atoms with E-state index < -0.39 is 22.3 Å². The molecule has 1 heterocycles. The minimum Gasteiger partial charge on any atom is -0.449 e. The quantitative estimate of drug-likeness (QED) is 0.0829. The zero-order valence-corrected chi connectivity index (χ0v) is 29.5. The van der Waals surface area contributed by atoms with Crippen LogP contribution in [0.4, 0.5) is 9.59 Å². The van der Waals surface area contributed by atoms with E-state index in [4.69, 9.17) is 18.4 Å². The predicted molar refractivity (Wildman–Crippen MR) is 180 cm³/mol. The first kappa shape index (κ1) is 39.8. The number of benzene rings is 1. The minimum absolute atomic E-state index is 0.0401. The third kappa shape index (κ3) is 18.1. The van der Waals surface area contributed by atoms with Gasteiger partial charge in [0.1, 0.15) is 6.61 Å². The molecule has 0 aromatic heterocycles. The molecule has 10 nitrogen and oxygen atoms in total. The third-order valence-corrected chi connectivity index (χ3v) is 9.67. The van der Waals surface area contributed by atoms with Crippen molar-refractivity contribution in [2.45, 2.75) is 128 Å². The SMILES string of the molecule is CCCCCCCCCCCCCCCCCNC(=O)OCC1COC(COC(=O)N(C)CCOS(=O)(=O)c2ccc(C)cc2)C1. The summed E-state index contributed by atoms with van der Waals surface area (Å²) in [7, 11) is -2.39. The van der Waals surface area contributed by atoms with Gasteiger partial charge in [-0.05, 0) is 31.9 Å². The summed E-state index contributed by atoms with van der Waals surface area (Å²) < 4.78 is 46.0. The second-order valence-corrected chi connectivity index (χ2v) is 14.2. The molecule has 1 saturated heterocycles. The van der Waals surface area contributed by atoms with Crippen LogP contribution in [0.25, 0.3) is 0 Å². The van der Waals surface area contributed by atoms with Crippen molar-refractivity contribution in [1.82, 2.24) is 10.2 Å². The molecule has 1 fully saturated rings. The van der Waals surface area contributed by atoms with Gasteiger partial charge in [-0.15, -0.1) is 0 Å². The van der Waals surface area contributed by atoms with E-state index in [1.165, 1.54) is 108 Å². The van der Waals surface area contributed by atoms with Crippen LogP contribution in [0.15, 0.2) is 29.2 Å². The molecule has 0 spiro atoms. The van der Waals surface area contributed by atoms with Crippen LogP contribution in [0.1, 0.15) is 115 Å². The predicted octanol–water partition coefficient (Wildman–Crippen LogP) is 7.77. The first-order valence-corrected chi connectivity index (χ1v) is 19.0. The topological polar surface area (TPSA) is 120 Å². The van der Waals surface area contributed by atoms with Crippen LogP contribution in [0.3, 0.4) is 0 Å². The Morgan fingerprint density at radius 2 is 1.41 bits per heavy atom. The molecule has 0 saturated carbocycles. The third-order valence-electron chi connectivity index (χ3n) is 8.34. The number of unbranched alkanes of at least 4 members (excludes halogenated alkanes) is 14. The van der Waals surface area contributed by atoms with Gasteiger partial charge in [0.25, 0.3) is 10.1 Å². The lowest BCUT2D eigenvalue weighted by Crippen LogP contribution is -2.33. The van der Waals surface area contributed by atoms with Gasteiger partial charge in [0.2, 0.25) is 0 Å². The van der Waals surface area contributed by atoms with Crippen LogP contribution in [0.2, 0.25) is 0 Å². The molecule has 0 aliphatic carbocycles. The van der Waals surface area contributed by atoms with Crippen molar-refractivity contribution in [3.8, 4) is 0 Å². The molecule has 1 aromatic rings. The number of aryl methyl sites for hydroxylation is 1. The smallest absolute Gasteiger partial charge is 0.409 e. The molecular formula is C35H60N2O8S. The first-order valence-electron chi connectivity index (χ1n) is 17.6. The molecule has 1 aromatic carbocycles. The van der Waals surface area contributed by atoms with Gasteiger partial charge in [0.15, 0.2) is 0 Å². The molecule has 0 bridgehead atoms. The van der Waals surface area contributed by atoms with E-state index in [1.54, 1.807) is 12.1 Å². The van der Waals surface area contributed by atoms with Gasteiger partial charge < -0.3 is 24.4 Å². The van der Waals surface area contributed by atoms with Gasteiger partial charge in [0, 0.05) is 26.1 Å². The Morgan fingerprint density at radius 1 is 0.848 bits per heavy atom. The molecular weight excluding hydrogens is 608 g/mol. The summed E-state index contributed by atoms with van der Waals surface area (Å²) in [5.41, 5.74) is 0.942. The van der Waals surface area contributed by atoms with Crippen LogP contribution in [-0.2, 0) is 28.5 Å². The number of ether oxygens (including phenoxy) is 3. The van der Waals surface area contributed by atoms with Crippen molar-refractivity contribution in [2.24, 2.45) is 5.92 Å². The summed E-state index contributed by atoms with van der Waals surface area (Å²) in [6.45, 7) is 5.34. The second-order valence-electron chi connectivity index (χ2n) is 12.6. The van der Waals surface area contributed by atoms with Crippen molar-refractivity contribution < 1.29 is 36.4 Å². The molecule has 1 aliphatic heterocycles. The monoisotopic (exact) mass is 668 g/mol. The summed E-state index contributed by atoms with van der Waals surface area (Å²) in [5.74, 6) is 0.0401. The van der Waals surface area contributed by atoms with Gasteiger partial charge >= 0.3 is 12.2 Å². The average Bonchev–Trinajstić information content (AvgIpc) is 3.50. The van der Waals surface area contributed by atoms with Crippen molar-refractivity contribution in [3.63, 3.8) is 0 Å². The lowest BCUT2D eigenvalue weighted by molar-refractivity contribution is 0.0299. The fourth-order valence-electron chi connectivity index (χ4n) is 5.37. The zero-order valence-electron chi connectivity index (χ0n) is 28.6. The van der Waals surface area contributed by atoms with E-state index in [2.05, 4.69) is 12.2 Å². The number of alkyl carbamates (subject to hydrolysis) is 1. The van der Waals surface area contributed by atoms with Crippen LogP contribution in [0, 0.1) is 12.8 Å². The summed E-state index contributed by atoms with van der Waals surface area (Å²) in [5, 5.41) is 2.83. The zero-order chi connectivity index (χ0) is 33.5. The van der Waals surface area contributed by atoms with E-state index in [0.29, 0.717) is 19.6 Å². The number of carbonyl (C=O) groups excluding carboxylic acids is 2. The van der Waals surface area contributed by atoms with Gasteiger partial charge in [-0.2, -0.15) is 8.42 Å². The Hall–Kier alpha value is -2.37. The average molecular weight is 669 g/mol. The van der Waals surface area contributed by atoms with Gasteiger partial charge in [-0.3, -0.25) is 4.18 Å². The van der Waals surface area contributed by atoms with Crippen LogP contribution < -0.4 is 5.32 Å². The number of carbonyl (C=O) groups is 2. The van der Waals surface area contributed by atoms with Gasteiger partial charge in [-0.1, -0.05) is 115 Å². The van der Waals surface area contributed by atoms with Crippen LogP contribution in [-0.4, -0.2) is 78.2 Å². The molecule has 11 heteroatoms. The molecule has 1 N–H and O–H groups in total. The van der Waals surface area contributed by atoms with Crippen LogP contribution in [0.5, 0.6) is 0 Å². The number of hydrogen-bond donors (Lipinski definition) is 1. The number of rotatable bonds is 25. The summed E-state index contributed by atoms with van der Waals surface area (Å²) in [6.07, 6.45) is 19.0. The largest absolute Gasteiger partial charge is 0.449 e. The summed E-state index contributed by atoms with van der Waals surface area (Å²) in [4.78, 5) is 25.7. The first-order chi connectivity index (χ1) is 22.2. The van der Waals surface area contributed by atoms with Gasteiger partial charge in [0.05, 0.1) is 30.8 Å². The van der Waals surface area contributed by atoms with Crippen molar-refractivity contribution in [2.75, 3.05) is 46.6 Å². The van der Waals surface area contributed by atoms with Crippen LogP contribution >= 0.6 is 0 Å². The Balaban J connectivity index is 1.41. The Bertz CT molecular complexity index is 1070. The normalized spacial score (nSPS) is 16.3. The maximum atomic E-state index is 12.3. The fourth-order valence-corrected chi connectivity index (χ4v) is 6.27. The highest BCUT2D eigenvalue weighted by atomic mass is 32.2. The Labute approximate surface area is 278 Å². The van der Waals surface area contributed by atoms with E-state index >= 15 is 0 Å². The number of nitrogens with zero attached hydrogens (tertiary/aromatic N) is 1. The molecule has 2 unspecified atom stereocenters. The summed E-state index contributed by atoms with van der Waals surface area (Å²) in [6, 6.07) is 6.35. The highest BCUT2D eigenvalue weighted by Crippen LogP contribution is 2.21. The highest BCUT2D eigenvalue weighted by molar-refractivity contribution is 7.86. The van der Waals surface area contributed by atoms with E-state index in [1.807, 2.05) is 6.92 Å². The number of nitrogens with one attached hydrogen (secondary N) is 1. The van der Waals surface area contributed by atoms with E-state index in [9.17, 15) is 18.0 Å². The van der Waals surface area contributed by atoms with Crippen molar-refractivity contribution in [3.05, 3.63) is 29.8 Å². The molecule has 1 aliphatic rings. The standard InChI is InChI=1S/C35H60N2O8S/c1-4-5-6-7-8-9-10-11-12-13-14-15-16-17-18-23-36-34(38)43-28-31-26-32(42-27-31)29-44-35(39)37(3)24-25-45-46(40,41)33-21-19-30(2)20-22-33/h19-22,31-32H,4-18,23-29H2,1-3H3,(H,36,38). The number of amides is 2. The van der Waals surface area contributed by atoms with Crippen molar-refractivity contribution in [1.29, 1.82) is 0 Å². The van der Waals surface area contributed by atoms with Gasteiger partial charge in [-0.25, -0.2) is 9.59 Å². The Morgan fingerprint density at radius 3 is 2.00 bits per heavy atom. The fraction of sp³-hybridized carbons (Fsp3) is 0.771. The Kier molecular flexibility index (Phi) is 20.7. The lowest BCUT2D eigenvalue weighted by Gasteiger charge is -2.18. The van der Waals surface area contributed by atoms with E-state index in [-0.39, 0.29) is 43.3 Å². The molecule has 2 rings (SSSR count). The highest BCUT2D eigenvalue weighted by Gasteiger charge is 2.28. The summed E-state index contributed by atoms with van der Waals surface area (Å²) >= 11 is 0. The molecule has 0 radical (unpaired) electrons. The minimum atomic E-state index is -3.90. The molecule has 46 heavy (non-hydrogen) atoms. The maximum Gasteiger partial charge on any atom is 0.409 e. The van der Waals surface area contributed by atoms with E-state index in [0.717, 1.165) is 18.4 Å². The number of hydrogen-bond acceptors (Lipinski definition) is 8. The second kappa shape index (κ2) is 23.9. The lowest BCUT2D eigenvalue weighted by atomic mass is 10.0. The maximum absolute atomic E-state index is 12.3.